The number of likely N-dealkylation sites (N-methyl/N-ethyl adjacent to an activating group) is 1. The van der Waals surface area contributed by atoms with Gasteiger partial charge in [0.15, 0.2) is 0 Å². The van der Waals surface area contributed by atoms with Crippen molar-refractivity contribution in [1.82, 2.24) is 9.21 Å². The lowest BCUT2D eigenvalue weighted by atomic mass is 10.2. The molecule has 1 aliphatic rings. The summed E-state index contributed by atoms with van der Waals surface area (Å²) < 4.78 is 32.7. The SMILES string of the molecule is COCCN(C)C[C@H]1CCCN1S(=O)(=O)c1c(Cl)cc(Cl)cc1Cl. The van der Waals surface area contributed by atoms with Gasteiger partial charge in [-0.2, -0.15) is 4.31 Å². The molecule has 1 atom stereocenters. The molecule has 0 spiro atoms. The van der Waals surface area contributed by atoms with Gasteiger partial charge in [-0.05, 0) is 32.0 Å². The predicted molar refractivity (Wildman–Crippen MR) is 97.8 cm³/mol. The van der Waals surface area contributed by atoms with E-state index in [2.05, 4.69) is 4.90 Å². The van der Waals surface area contributed by atoms with Crippen LogP contribution in [0.1, 0.15) is 12.8 Å². The smallest absolute Gasteiger partial charge is 0.246 e. The highest BCUT2D eigenvalue weighted by Gasteiger charge is 2.38. The molecule has 0 bridgehead atoms. The lowest BCUT2D eigenvalue weighted by molar-refractivity contribution is 0.151. The number of methoxy groups -OCH3 is 1. The Morgan fingerprint density at radius 3 is 2.50 bits per heavy atom. The van der Waals surface area contributed by atoms with E-state index in [1.54, 1.807) is 7.11 Å². The molecule has 1 saturated heterocycles. The zero-order valence-electron chi connectivity index (χ0n) is 13.6. The molecule has 0 radical (unpaired) electrons. The van der Waals surface area contributed by atoms with Crippen LogP contribution in [-0.4, -0.2) is 64.1 Å². The highest BCUT2D eigenvalue weighted by atomic mass is 35.5. The van der Waals surface area contributed by atoms with Crippen molar-refractivity contribution in [2.24, 2.45) is 0 Å². The Balaban J connectivity index is 2.25. The van der Waals surface area contributed by atoms with Gasteiger partial charge in [-0.25, -0.2) is 8.42 Å². The molecule has 5 nitrogen and oxygen atoms in total. The fourth-order valence-corrected chi connectivity index (χ4v) is 6.08. The van der Waals surface area contributed by atoms with E-state index < -0.39 is 10.0 Å². The van der Waals surface area contributed by atoms with Crippen LogP contribution in [0.3, 0.4) is 0 Å². The van der Waals surface area contributed by atoms with Crippen molar-refractivity contribution in [2.75, 3.05) is 40.4 Å². The molecule has 1 heterocycles. The van der Waals surface area contributed by atoms with Crippen LogP contribution >= 0.6 is 34.8 Å². The van der Waals surface area contributed by atoms with Gasteiger partial charge in [0, 0.05) is 37.8 Å². The van der Waals surface area contributed by atoms with E-state index in [9.17, 15) is 8.42 Å². The van der Waals surface area contributed by atoms with E-state index in [0.717, 1.165) is 19.4 Å². The molecular formula is C15H21Cl3N2O3S. The number of sulfonamides is 1. The molecule has 0 N–H and O–H groups in total. The summed E-state index contributed by atoms with van der Waals surface area (Å²) in [5.41, 5.74) is 0. The number of ether oxygens (including phenoxy) is 1. The molecule has 9 heteroatoms. The summed E-state index contributed by atoms with van der Waals surface area (Å²) in [6, 6.07) is 2.69. The minimum absolute atomic E-state index is 0.0471. The van der Waals surface area contributed by atoms with Crippen molar-refractivity contribution in [2.45, 2.75) is 23.8 Å². The first kappa shape index (κ1) is 20.2. The average molecular weight is 416 g/mol. The van der Waals surface area contributed by atoms with E-state index in [1.807, 2.05) is 7.05 Å². The number of hydrogen-bond acceptors (Lipinski definition) is 4. The Bertz CT molecular complexity index is 662. The number of halogens is 3. The topological polar surface area (TPSA) is 49.9 Å². The first-order valence-corrected chi connectivity index (χ1v) is 10.2. The predicted octanol–water partition coefficient (Wildman–Crippen LogP) is 3.38. The first-order chi connectivity index (χ1) is 11.3. The van der Waals surface area contributed by atoms with Crippen LogP contribution in [0.5, 0.6) is 0 Å². The largest absolute Gasteiger partial charge is 0.383 e. The maximum absolute atomic E-state index is 13.1. The van der Waals surface area contributed by atoms with Crippen molar-refractivity contribution in [3.8, 4) is 0 Å². The van der Waals surface area contributed by atoms with Crippen molar-refractivity contribution >= 4 is 44.8 Å². The van der Waals surface area contributed by atoms with Crippen LogP contribution in [0.15, 0.2) is 17.0 Å². The van der Waals surface area contributed by atoms with Gasteiger partial charge in [0.1, 0.15) is 4.90 Å². The molecule has 2 rings (SSSR count). The second kappa shape index (κ2) is 8.54. The van der Waals surface area contributed by atoms with Crippen LogP contribution in [0.25, 0.3) is 0 Å². The summed E-state index contributed by atoms with van der Waals surface area (Å²) in [4.78, 5) is 1.99. The first-order valence-electron chi connectivity index (χ1n) is 7.61. The second-order valence-electron chi connectivity index (χ2n) is 5.87. The monoisotopic (exact) mass is 414 g/mol. The molecule has 24 heavy (non-hydrogen) atoms. The van der Waals surface area contributed by atoms with Gasteiger partial charge in [-0.1, -0.05) is 34.8 Å². The third kappa shape index (κ3) is 4.55. The van der Waals surface area contributed by atoms with Crippen LogP contribution in [-0.2, 0) is 14.8 Å². The molecule has 1 fully saturated rings. The summed E-state index contributed by atoms with van der Waals surface area (Å²) >= 11 is 18.1. The minimum atomic E-state index is -3.78. The van der Waals surface area contributed by atoms with Crippen LogP contribution < -0.4 is 0 Å². The van der Waals surface area contributed by atoms with Crippen molar-refractivity contribution in [3.63, 3.8) is 0 Å². The minimum Gasteiger partial charge on any atom is -0.383 e. The summed E-state index contributed by atoms with van der Waals surface area (Å²) in [6.45, 7) is 2.43. The van der Waals surface area contributed by atoms with Crippen LogP contribution in [0.2, 0.25) is 15.1 Å². The maximum Gasteiger partial charge on any atom is 0.246 e. The van der Waals surface area contributed by atoms with Gasteiger partial charge in [0.05, 0.1) is 16.7 Å². The average Bonchev–Trinajstić information content (AvgIpc) is 2.92. The third-order valence-electron chi connectivity index (χ3n) is 4.05. The Morgan fingerprint density at radius 1 is 1.29 bits per heavy atom. The van der Waals surface area contributed by atoms with E-state index in [0.29, 0.717) is 24.7 Å². The molecular weight excluding hydrogens is 395 g/mol. The standard InChI is InChI=1S/C15H21Cl3N2O3S/c1-19(6-7-23-2)10-12-4-3-5-20(12)24(21,22)15-13(17)8-11(16)9-14(15)18/h8-9,12H,3-7,10H2,1-2H3/t12-/m1/s1. The van der Waals surface area contributed by atoms with Gasteiger partial charge >= 0.3 is 0 Å². The Morgan fingerprint density at radius 2 is 1.92 bits per heavy atom. The Labute approximate surface area is 158 Å². The number of benzene rings is 1. The summed E-state index contributed by atoms with van der Waals surface area (Å²) in [5, 5.41) is 0.401. The Kier molecular flexibility index (Phi) is 7.20. The maximum atomic E-state index is 13.1. The molecule has 1 aromatic carbocycles. The third-order valence-corrected chi connectivity index (χ3v) is 7.14. The normalized spacial score (nSPS) is 19.3. The molecule has 0 aliphatic carbocycles. The molecule has 1 aliphatic heterocycles. The van der Waals surface area contributed by atoms with Gasteiger partial charge < -0.3 is 9.64 Å². The molecule has 0 unspecified atom stereocenters. The zero-order chi connectivity index (χ0) is 17.9. The zero-order valence-corrected chi connectivity index (χ0v) is 16.7. The number of nitrogens with zero attached hydrogens (tertiary/aromatic N) is 2. The molecule has 0 amide bonds. The van der Waals surface area contributed by atoms with E-state index in [1.165, 1.54) is 16.4 Å². The fourth-order valence-electron chi connectivity index (χ4n) is 2.90. The lowest BCUT2D eigenvalue weighted by Crippen LogP contribution is -2.43. The summed E-state index contributed by atoms with van der Waals surface area (Å²) in [5.74, 6) is 0. The lowest BCUT2D eigenvalue weighted by Gasteiger charge is -2.28. The van der Waals surface area contributed by atoms with Crippen molar-refractivity contribution in [3.05, 3.63) is 27.2 Å². The molecule has 1 aromatic rings. The quantitative estimate of drug-likeness (QED) is 0.685. The molecule has 136 valence electrons. The second-order valence-corrected chi connectivity index (χ2v) is 8.94. The molecule has 0 saturated carbocycles. The van der Waals surface area contributed by atoms with Crippen molar-refractivity contribution < 1.29 is 13.2 Å². The molecule has 0 aromatic heterocycles. The van der Waals surface area contributed by atoms with E-state index in [-0.39, 0.29) is 21.0 Å². The van der Waals surface area contributed by atoms with Gasteiger partial charge in [-0.3, -0.25) is 0 Å². The summed E-state index contributed by atoms with van der Waals surface area (Å²) in [6.07, 6.45) is 1.62. The van der Waals surface area contributed by atoms with E-state index >= 15 is 0 Å². The highest BCUT2D eigenvalue weighted by molar-refractivity contribution is 7.89. The van der Waals surface area contributed by atoms with Gasteiger partial charge in [0.25, 0.3) is 0 Å². The fraction of sp³-hybridized carbons (Fsp3) is 0.600. The van der Waals surface area contributed by atoms with E-state index in [4.69, 9.17) is 39.5 Å². The van der Waals surface area contributed by atoms with Gasteiger partial charge in [0.2, 0.25) is 10.0 Å². The highest BCUT2D eigenvalue weighted by Crippen LogP contribution is 2.37. The van der Waals surface area contributed by atoms with Crippen molar-refractivity contribution in [1.29, 1.82) is 0 Å². The number of hydrogen-bond donors (Lipinski definition) is 0. The van der Waals surface area contributed by atoms with Gasteiger partial charge in [-0.15, -0.1) is 0 Å². The summed E-state index contributed by atoms with van der Waals surface area (Å²) in [7, 11) is -0.187. The Hall–Kier alpha value is -0.0800. The van der Waals surface area contributed by atoms with Crippen LogP contribution in [0, 0.1) is 0 Å². The number of rotatable bonds is 7. The van der Waals surface area contributed by atoms with Crippen LogP contribution in [0.4, 0.5) is 0 Å².